The van der Waals surface area contributed by atoms with E-state index in [2.05, 4.69) is 6.58 Å². The van der Waals surface area contributed by atoms with Crippen molar-refractivity contribution in [3.63, 3.8) is 0 Å². The van der Waals surface area contributed by atoms with Gasteiger partial charge in [-0.1, -0.05) is 55.7 Å². The first-order valence-electron chi connectivity index (χ1n) is 8.52. The van der Waals surface area contributed by atoms with Crippen LogP contribution in [0.4, 0.5) is 4.11 Å². The Hall–Kier alpha value is -0.933. The van der Waals surface area contributed by atoms with Crippen LogP contribution in [0.15, 0.2) is 43.0 Å². The highest BCUT2D eigenvalue weighted by atomic mass is 28.4. The summed E-state index contributed by atoms with van der Waals surface area (Å²) in [6.45, 7) is 7.37. The lowest BCUT2D eigenvalue weighted by atomic mass is 9.84. The Kier molecular flexibility index (Phi) is 6.39. The summed E-state index contributed by atoms with van der Waals surface area (Å²) in [6.07, 6.45) is 9.12. The molecule has 1 nitrogen and oxygen atoms in total. The van der Waals surface area contributed by atoms with Crippen LogP contribution in [0.25, 0.3) is 0 Å². The Bertz CT molecular complexity index is 448. The Morgan fingerprint density at radius 2 is 1.86 bits per heavy atom. The second-order valence-corrected chi connectivity index (χ2v) is 10.6. The summed E-state index contributed by atoms with van der Waals surface area (Å²) in [5.74, 6) is 0.550. The maximum absolute atomic E-state index is 14.9. The summed E-state index contributed by atoms with van der Waals surface area (Å²) in [4.78, 5) is 0. The molecule has 3 heteroatoms. The van der Waals surface area contributed by atoms with Crippen LogP contribution >= 0.6 is 0 Å². The normalized spacial score (nSPS) is 19.6. The molecule has 22 heavy (non-hydrogen) atoms. The largest absolute Gasteiger partial charge is 0.370 e. The molecule has 0 unspecified atom stereocenters. The molecule has 0 aliphatic heterocycles. The third-order valence-corrected chi connectivity index (χ3v) is 6.33. The standard InChI is InChI=1S/C19H29FOSi/c1-4-11-18(16-12-7-5-8-13-16)21-19(22(2,3)20)17-14-9-6-10-15-17/h4,6,9-10,14-16,18-19H,1,5,7-8,11-13H2,2-3H3/t18-,19+/m0/s1. The molecular formula is C19H29FOSi. The summed E-state index contributed by atoms with van der Waals surface area (Å²) in [7, 11) is -2.94. The molecule has 0 saturated heterocycles. The lowest BCUT2D eigenvalue weighted by molar-refractivity contribution is -0.0239. The average molecular weight is 321 g/mol. The maximum Gasteiger partial charge on any atom is 0.273 e. The SMILES string of the molecule is C=CC[C@H](O[C@@H](c1ccccc1)[Si](C)(C)F)C1CCCCC1. The van der Waals surface area contributed by atoms with Crippen LogP contribution in [0.5, 0.6) is 0 Å². The second-order valence-electron chi connectivity index (χ2n) is 6.95. The monoisotopic (exact) mass is 320 g/mol. The van der Waals surface area contributed by atoms with Crippen molar-refractivity contribution in [3.8, 4) is 0 Å². The van der Waals surface area contributed by atoms with E-state index in [9.17, 15) is 4.11 Å². The predicted octanol–water partition coefficient (Wildman–Crippen LogP) is 5.98. The molecule has 1 aromatic rings. The van der Waals surface area contributed by atoms with Gasteiger partial charge in [0.1, 0.15) is 5.73 Å². The number of hydrogen-bond donors (Lipinski definition) is 0. The van der Waals surface area contributed by atoms with Crippen molar-refractivity contribution in [3.05, 3.63) is 48.6 Å². The van der Waals surface area contributed by atoms with Crippen molar-refractivity contribution in [2.75, 3.05) is 0 Å². The lowest BCUT2D eigenvalue weighted by Gasteiger charge is -2.35. The van der Waals surface area contributed by atoms with Gasteiger partial charge in [-0.3, -0.25) is 0 Å². The molecule has 1 aliphatic carbocycles. The molecule has 0 amide bonds. The van der Waals surface area contributed by atoms with Crippen LogP contribution in [0.2, 0.25) is 13.1 Å². The highest BCUT2D eigenvalue weighted by Gasteiger charge is 2.38. The van der Waals surface area contributed by atoms with Crippen molar-refractivity contribution in [1.82, 2.24) is 0 Å². The molecule has 0 bridgehead atoms. The third kappa shape index (κ3) is 4.78. The topological polar surface area (TPSA) is 9.23 Å². The minimum Gasteiger partial charge on any atom is -0.370 e. The highest BCUT2D eigenvalue weighted by molar-refractivity contribution is 6.71. The van der Waals surface area contributed by atoms with E-state index in [1.165, 1.54) is 32.1 Å². The van der Waals surface area contributed by atoms with Gasteiger partial charge in [-0.2, -0.15) is 0 Å². The number of hydrogen-bond acceptors (Lipinski definition) is 1. The fourth-order valence-electron chi connectivity index (χ4n) is 3.47. The molecule has 0 N–H and O–H groups in total. The maximum atomic E-state index is 14.9. The molecular weight excluding hydrogens is 291 g/mol. The van der Waals surface area contributed by atoms with Crippen molar-refractivity contribution < 1.29 is 8.84 Å². The van der Waals surface area contributed by atoms with Crippen LogP contribution < -0.4 is 0 Å². The van der Waals surface area contributed by atoms with E-state index >= 15 is 0 Å². The van der Waals surface area contributed by atoms with Crippen LogP contribution in [-0.2, 0) is 4.74 Å². The summed E-state index contributed by atoms with van der Waals surface area (Å²) >= 11 is 0. The summed E-state index contributed by atoms with van der Waals surface area (Å²) < 4.78 is 21.3. The lowest BCUT2D eigenvalue weighted by Crippen LogP contribution is -2.37. The fraction of sp³-hybridized carbons (Fsp3) is 0.579. The summed E-state index contributed by atoms with van der Waals surface area (Å²) in [5, 5.41) is 0. The number of benzene rings is 1. The average Bonchev–Trinajstić information content (AvgIpc) is 2.52. The minimum atomic E-state index is -2.94. The van der Waals surface area contributed by atoms with E-state index in [1.54, 1.807) is 13.1 Å². The Labute approximate surface area is 135 Å². The van der Waals surface area contributed by atoms with Gasteiger partial charge < -0.3 is 8.84 Å². The first kappa shape index (κ1) is 17.4. The van der Waals surface area contributed by atoms with Crippen LogP contribution in [0, 0.1) is 5.92 Å². The highest BCUT2D eigenvalue weighted by Crippen LogP contribution is 2.36. The Morgan fingerprint density at radius 1 is 1.23 bits per heavy atom. The number of rotatable bonds is 7. The molecule has 0 aromatic heterocycles. The Balaban J connectivity index is 2.17. The smallest absolute Gasteiger partial charge is 0.273 e. The predicted molar refractivity (Wildman–Crippen MR) is 94.0 cm³/mol. The van der Waals surface area contributed by atoms with Crippen LogP contribution in [0.3, 0.4) is 0 Å². The van der Waals surface area contributed by atoms with E-state index in [0.29, 0.717) is 5.92 Å². The molecule has 2 rings (SSSR count). The van der Waals surface area contributed by atoms with E-state index in [1.807, 2.05) is 36.4 Å². The summed E-state index contributed by atoms with van der Waals surface area (Å²) in [6, 6.07) is 9.88. The van der Waals surface area contributed by atoms with Crippen LogP contribution in [-0.4, -0.2) is 14.5 Å². The molecule has 1 fully saturated rings. The van der Waals surface area contributed by atoms with Crippen molar-refractivity contribution in [2.24, 2.45) is 5.92 Å². The molecule has 1 saturated carbocycles. The summed E-state index contributed by atoms with van der Waals surface area (Å²) in [5.41, 5.74) is 0.590. The Morgan fingerprint density at radius 3 is 2.41 bits per heavy atom. The fourth-order valence-corrected chi connectivity index (χ4v) is 4.95. The van der Waals surface area contributed by atoms with Crippen molar-refractivity contribution in [1.29, 1.82) is 0 Å². The van der Waals surface area contributed by atoms with Gasteiger partial charge in [0.15, 0.2) is 0 Å². The van der Waals surface area contributed by atoms with Crippen molar-refractivity contribution >= 4 is 8.41 Å². The van der Waals surface area contributed by atoms with Gasteiger partial charge in [0.25, 0.3) is 8.41 Å². The zero-order valence-corrected chi connectivity index (χ0v) is 14.9. The van der Waals surface area contributed by atoms with E-state index in [-0.39, 0.29) is 11.8 Å². The third-order valence-electron chi connectivity index (χ3n) is 4.61. The van der Waals surface area contributed by atoms with Crippen molar-refractivity contribution in [2.45, 2.75) is 63.5 Å². The van der Waals surface area contributed by atoms with Gasteiger partial charge in [-0.15, -0.1) is 6.58 Å². The van der Waals surface area contributed by atoms with Gasteiger partial charge in [0, 0.05) is 0 Å². The first-order valence-corrected chi connectivity index (χ1v) is 11.5. The molecule has 1 aromatic carbocycles. The van der Waals surface area contributed by atoms with E-state index < -0.39 is 8.41 Å². The molecule has 1 aliphatic rings. The zero-order chi connectivity index (χ0) is 16.0. The molecule has 0 heterocycles. The van der Waals surface area contributed by atoms with E-state index in [4.69, 9.17) is 4.74 Å². The molecule has 2 atom stereocenters. The van der Waals surface area contributed by atoms with Gasteiger partial charge in [0.2, 0.25) is 0 Å². The number of halogens is 1. The van der Waals surface area contributed by atoms with Crippen LogP contribution in [0.1, 0.15) is 49.8 Å². The van der Waals surface area contributed by atoms with Gasteiger partial charge >= 0.3 is 0 Å². The molecule has 0 radical (unpaired) electrons. The quantitative estimate of drug-likeness (QED) is 0.341. The van der Waals surface area contributed by atoms with Gasteiger partial charge in [-0.05, 0) is 43.8 Å². The van der Waals surface area contributed by atoms with Gasteiger partial charge in [0.05, 0.1) is 6.10 Å². The zero-order valence-electron chi connectivity index (χ0n) is 13.9. The van der Waals surface area contributed by atoms with E-state index in [0.717, 1.165) is 12.0 Å². The molecule has 0 spiro atoms. The minimum absolute atomic E-state index is 0.102. The molecule has 122 valence electrons. The number of ether oxygens (including phenoxy) is 1. The second kappa shape index (κ2) is 8.07. The van der Waals surface area contributed by atoms with Gasteiger partial charge in [-0.25, -0.2) is 0 Å². The first-order chi connectivity index (χ1) is 10.5.